The predicted octanol–water partition coefficient (Wildman–Crippen LogP) is 3.32. The Hall–Kier alpha value is -0.250. The van der Waals surface area contributed by atoms with Crippen molar-refractivity contribution in [3.8, 4) is 0 Å². The smallest absolute Gasteiger partial charge is 0.223 e. The van der Waals surface area contributed by atoms with E-state index >= 15 is 0 Å². The molecule has 1 nitrogen and oxygen atoms in total. The SMILES string of the molecule is CCCCCCC([O])C(F)(F)F. The summed E-state index contributed by atoms with van der Waals surface area (Å²) in [7, 11) is 0. The molecule has 0 saturated carbocycles. The summed E-state index contributed by atoms with van der Waals surface area (Å²) in [5.74, 6) is 0. The quantitative estimate of drug-likeness (QED) is 0.583. The van der Waals surface area contributed by atoms with Crippen molar-refractivity contribution in [1.29, 1.82) is 0 Å². The third kappa shape index (κ3) is 5.41. The van der Waals surface area contributed by atoms with Gasteiger partial charge in [0.25, 0.3) is 0 Å². The lowest BCUT2D eigenvalue weighted by molar-refractivity contribution is -0.223. The summed E-state index contributed by atoms with van der Waals surface area (Å²) in [5.41, 5.74) is 0. The summed E-state index contributed by atoms with van der Waals surface area (Å²) in [6.45, 7) is 1.97. The zero-order chi connectivity index (χ0) is 9.61. The zero-order valence-corrected chi connectivity index (χ0v) is 7.16. The lowest BCUT2D eigenvalue weighted by atomic mass is 10.1. The van der Waals surface area contributed by atoms with Crippen LogP contribution < -0.4 is 0 Å². The number of hydrogen-bond donors (Lipinski definition) is 0. The van der Waals surface area contributed by atoms with Crippen LogP contribution in [0.1, 0.15) is 39.0 Å². The van der Waals surface area contributed by atoms with E-state index in [-0.39, 0.29) is 6.42 Å². The molecule has 0 heterocycles. The Morgan fingerprint density at radius 2 is 1.75 bits per heavy atom. The minimum absolute atomic E-state index is 0.274. The second-order valence-corrected chi connectivity index (χ2v) is 2.88. The van der Waals surface area contributed by atoms with Crippen molar-refractivity contribution < 1.29 is 18.3 Å². The van der Waals surface area contributed by atoms with Crippen molar-refractivity contribution in [3.63, 3.8) is 0 Å². The van der Waals surface area contributed by atoms with Gasteiger partial charge in [-0.25, -0.2) is 5.11 Å². The van der Waals surface area contributed by atoms with Gasteiger partial charge < -0.3 is 0 Å². The maximum Gasteiger partial charge on any atom is 0.417 e. The number of rotatable bonds is 5. The highest BCUT2D eigenvalue weighted by Crippen LogP contribution is 2.24. The molecule has 0 bridgehead atoms. The van der Waals surface area contributed by atoms with E-state index in [1.807, 2.05) is 6.92 Å². The molecule has 1 unspecified atom stereocenters. The zero-order valence-electron chi connectivity index (χ0n) is 7.16. The molecule has 0 aliphatic rings. The molecule has 0 aliphatic carbocycles. The standard InChI is InChI=1S/C8H14F3O/c1-2-3-4-5-6-7(12)8(9,10)11/h7H,2-6H2,1H3. The highest BCUT2D eigenvalue weighted by Gasteiger charge is 2.38. The number of alkyl halides is 3. The lowest BCUT2D eigenvalue weighted by Gasteiger charge is -2.11. The number of unbranched alkanes of at least 4 members (excludes halogenated alkanes) is 3. The highest BCUT2D eigenvalue weighted by atomic mass is 19.4. The Kier molecular flexibility index (Phi) is 5.29. The molecule has 0 amide bonds. The maximum atomic E-state index is 11.6. The molecule has 1 atom stereocenters. The van der Waals surface area contributed by atoms with Gasteiger partial charge in [-0.05, 0) is 6.42 Å². The van der Waals surface area contributed by atoms with Crippen LogP contribution in [0.4, 0.5) is 13.2 Å². The Morgan fingerprint density at radius 3 is 2.17 bits per heavy atom. The van der Waals surface area contributed by atoms with Gasteiger partial charge in [-0.2, -0.15) is 13.2 Å². The molecule has 73 valence electrons. The number of halogens is 3. The first-order chi connectivity index (χ1) is 5.48. The maximum absolute atomic E-state index is 11.6. The van der Waals surface area contributed by atoms with Crippen LogP contribution in [-0.2, 0) is 5.11 Å². The van der Waals surface area contributed by atoms with Gasteiger partial charge in [-0.1, -0.05) is 32.6 Å². The Balaban J connectivity index is 3.38. The predicted molar refractivity (Wildman–Crippen MR) is 39.3 cm³/mol. The molecule has 12 heavy (non-hydrogen) atoms. The molecule has 1 radical (unpaired) electrons. The van der Waals surface area contributed by atoms with Gasteiger partial charge in [0.15, 0.2) is 6.10 Å². The average molecular weight is 183 g/mol. The van der Waals surface area contributed by atoms with E-state index in [0.717, 1.165) is 19.3 Å². The van der Waals surface area contributed by atoms with Crippen molar-refractivity contribution in [2.75, 3.05) is 0 Å². The van der Waals surface area contributed by atoms with Crippen LogP contribution in [-0.4, -0.2) is 12.3 Å². The molecule has 4 heteroatoms. The summed E-state index contributed by atoms with van der Waals surface area (Å²) in [5, 5.41) is 10.4. The molecule has 0 saturated heterocycles. The van der Waals surface area contributed by atoms with Gasteiger partial charge in [-0.15, -0.1) is 0 Å². The first-order valence-corrected chi connectivity index (χ1v) is 4.21. The third-order valence-corrected chi connectivity index (χ3v) is 1.68. The molecule has 0 rings (SSSR count). The summed E-state index contributed by atoms with van der Waals surface area (Å²) in [4.78, 5) is 0. The van der Waals surface area contributed by atoms with Crippen LogP contribution in [0.2, 0.25) is 0 Å². The monoisotopic (exact) mass is 183 g/mol. The van der Waals surface area contributed by atoms with Gasteiger partial charge in [0.05, 0.1) is 0 Å². The fourth-order valence-corrected chi connectivity index (χ4v) is 0.920. The van der Waals surface area contributed by atoms with Crippen LogP contribution in [0.5, 0.6) is 0 Å². The van der Waals surface area contributed by atoms with E-state index in [0.29, 0.717) is 6.42 Å². The van der Waals surface area contributed by atoms with E-state index in [4.69, 9.17) is 0 Å². The van der Waals surface area contributed by atoms with E-state index in [1.54, 1.807) is 0 Å². The normalized spacial score (nSPS) is 14.8. The molecule has 0 aromatic rings. The molecule has 0 aromatic carbocycles. The molecular formula is C8H14F3O. The fraction of sp³-hybridized carbons (Fsp3) is 1.00. The Labute approximate surface area is 70.6 Å². The Morgan fingerprint density at radius 1 is 1.17 bits per heavy atom. The summed E-state index contributed by atoms with van der Waals surface area (Å²) in [6.07, 6.45) is -4.21. The van der Waals surface area contributed by atoms with Crippen molar-refractivity contribution in [2.24, 2.45) is 0 Å². The first-order valence-electron chi connectivity index (χ1n) is 4.21. The largest absolute Gasteiger partial charge is 0.417 e. The molecule has 0 spiro atoms. The molecule has 0 aliphatic heterocycles. The fourth-order valence-electron chi connectivity index (χ4n) is 0.920. The summed E-state index contributed by atoms with van der Waals surface area (Å²) < 4.78 is 34.9. The first kappa shape index (κ1) is 11.8. The Bertz CT molecular complexity index is 111. The third-order valence-electron chi connectivity index (χ3n) is 1.68. The summed E-state index contributed by atoms with van der Waals surface area (Å²) in [6, 6.07) is 0. The minimum Gasteiger partial charge on any atom is -0.223 e. The topological polar surface area (TPSA) is 19.9 Å². The molecular weight excluding hydrogens is 169 g/mol. The molecule has 0 aromatic heterocycles. The number of hydrogen-bond acceptors (Lipinski definition) is 0. The van der Waals surface area contributed by atoms with E-state index in [1.165, 1.54) is 0 Å². The lowest BCUT2D eigenvalue weighted by Crippen LogP contribution is -2.26. The van der Waals surface area contributed by atoms with Crippen LogP contribution in [0, 0.1) is 0 Å². The van der Waals surface area contributed by atoms with Crippen molar-refractivity contribution in [1.82, 2.24) is 0 Å². The van der Waals surface area contributed by atoms with E-state index in [2.05, 4.69) is 0 Å². The van der Waals surface area contributed by atoms with Gasteiger partial charge in [-0.3, -0.25) is 0 Å². The second kappa shape index (κ2) is 5.41. The van der Waals surface area contributed by atoms with Gasteiger partial charge in [0.1, 0.15) is 0 Å². The van der Waals surface area contributed by atoms with Gasteiger partial charge in [0, 0.05) is 0 Å². The van der Waals surface area contributed by atoms with Crippen LogP contribution in [0.25, 0.3) is 0 Å². The summed E-state index contributed by atoms with van der Waals surface area (Å²) >= 11 is 0. The van der Waals surface area contributed by atoms with Crippen molar-refractivity contribution in [3.05, 3.63) is 0 Å². The van der Waals surface area contributed by atoms with E-state index < -0.39 is 12.3 Å². The van der Waals surface area contributed by atoms with E-state index in [9.17, 15) is 18.3 Å². The molecule has 0 N–H and O–H groups in total. The van der Waals surface area contributed by atoms with Crippen molar-refractivity contribution >= 4 is 0 Å². The highest BCUT2D eigenvalue weighted by molar-refractivity contribution is 4.64. The minimum atomic E-state index is -4.55. The van der Waals surface area contributed by atoms with Gasteiger partial charge >= 0.3 is 6.18 Å². The van der Waals surface area contributed by atoms with Crippen LogP contribution in [0.15, 0.2) is 0 Å². The molecule has 0 fully saturated rings. The van der Waals surface area contributed by atoms with Gasteiger partial charge in [0.2, 0.25) is 0 Å². The van der Waals surface area contributed by atoms with Crippen LogP contribution >= 0.6 is 0 Å². The second-order valence-electron chi connectivity index (χ2n) is 2.88. The average Bonchev–Trinajstić information content (AvgIpc) is 1.96. The van der Waals surface area contributed by atoms with Crippen LogP contribution in [0.3, 0.4) is 0 Å². The van der Waals surface area contributed by atoms with Crippen molar-refractivity contribution in [2.45, 2.75) is 51.3 Å².